The Labute approximate surface area is 120 Å². The summed E-state index contributed by atoms with van der Waals surface area (Å²) in [7, 11) is -3.67. The van der Waals surface area contributed by atoms with E-state index in [0.29, 0.717) is 12.0 Å². The van der Waals surface area contributed by atoms with E-state index in [1.54, 1.807) is 38.1 Å². The predicted octanol–water partition coefficient (Wildman–Crippen LogP) is 1.96. The van der Waals surface area contributed by atoms with Crippen LogP contribution in [-0.4, -0.2) is 38.4 Å². The highest BCUT2D eigenvalue weighted by Gasteiger charge is 2.27. The number of carbonyl (C=O) groups is 1. The van der Waals surface area contributed by atoms with Crippen LogP contribution < -0.4 is 0 Å². The van der Waals surface area contributed by atoms with Gasteiger partial charge in [-0.1, -0.05) is 25.1 Å². The lowest BCUT2D eigenvalue weighted by Gasteiger charge is -2.21. The molecule has 0 radical (unpaired) electrons. The van der Waals surface area contributed by atoms with E-state index < -0.39 is 16.0 Å². The minimum Gasteiger partial charge on any atom is -0.465 e. The summed E-state index contributed by atoms with van der Waals surface area (Å²) in [6, 6.07) is 6.75. The largest absolute Gasteiger partial charge is 0.465 e. The van der Waals surface area contributed by atoms with Crippen LogP contribution in [0, 0.1) is 6.92 Å². The van der Waals surface area contributed by atoms with Gasteiger partial charge in [0.25, 0.3) is 0 Å². The van der Waals surface area contributed by atoms with Gasteiger partial charge in [-0.05, 0) is 31.9 Å². The molecule has 1 aromatic carbocycles. The molecular formula is C14H21NO4S. The van der Waals surface area contributed by atoms with E-state index in [-0.39, 0.29) is 24.6 Å². The van der Waals surface area contributed by atoms with Crippen molar-refractivity contribution in [2.45, 2.75) is 32.1 Å². The monoisotopic (exact) mass is 299 g/mol. The fourth-order valence-electron chi connectivity index (χ4n) is 1.87. The number of ether oxygens (including phenoxy) is 1. The number of hydrogen-bond acceptors (Lipinski definition) is 4. The van der Waals surface area contributed by atoms with Gasteiger partial charge in [-0.25, -0.2) is 8.42 Å². The first-order valence-corrected chi connectivity index (χ1v) is 8.08. The molecule has 0 aliphatic rings. The lowest BCUT2D eigenvalue weighted by molar-refractivity contribution is -0.143. The number of nitrogens with zero attached hydrogens (tertiary/aromatic N) is 1. The molecule has 0 heterocycles. The molecule has 112 valence electrons. The van der Waals surface area contributed by atoms with Gasteiger partial charge in [-0.15, -0.1) is 0 Å². The van der Waals surface area contributed by atoms with E-state index in [4.69, 9.17) is 4.74 Å². The molecule has 0 bridgehead atoms. The highest BCUT2D eigenvalue weighted by atomic mass is 32.2. The minimum absolute atomic E-state index is 0.234. The maximum Gasteiger partial charge on any atom is 0.321 e. The van der Waals surface area contributed by atoms with Gasteiger partial charge >= 0.3 is 5.97 Å². The Morgan fingerprint density at radius 2 is 1.90 bits per heavy atom. The number of aryl methyl sites for hydroxylation is 1. The van der Waals surface area contributed by atoms with Crippen molar-refractivity contribution < 1.29 is 17.9 Å². The van der Waals surface area contributed by atoms with Gasteiger partial charge in [0.05, 0.1) is 11.5 Å². The molecular weight excluding hydrogens is 278 g/mol. The molecule has 20 heavy (non-hydrogen) atoms. The average Bonchev–Trinajstić information content (AvgIpc) is 2.38. The summed E-state index contributed by atoms with van der Waals surface area (Å²) in [5.74, 6) is -0.530. The molecule has 0 amide bonds. The van der Waals surface area contributed by atoms with Gasteiger partial charge in [0, 0.05) is 6.54 Å². The number of sulfonamides is 1. The molecule has 1 aromatic rings. The lowest BCUT2D eigenvalue weighted by atomic mass is 10.2. The molecule has 0 aliphatic heterocycles. The minimum atomic E-state index is -3.67. The van der Waals surface area contributed by atoms with Crippen molar-refractivity contribution in [2.75, 3.05) is 19.7 Å². The Morgan fingerprint density at radius 1 is 1.25 bits per heavy atom. The van der Waals surface area contributed by atoms with Crippen molar-refractivity contribution in [3.63, 3.8) is 0 Å². The molecule has 0 aliphatic carbocycles. The lowest BCUT2D eigenvalue weighted by Crippen LogP contribution is -2.37. The first-order chi connectivity index (χ1) is 9.43. The van der Waals surface area contributed by atoms with Crippen LogP contribution in [-0.2, 0) is 19.6 Å². The van der Waals surface area contributed by atoms with Crippen LogP contribution in [0.4, 0.5) is 0 Å². The van der Waals surface area contributed by atoms with Crippen LogP contribution in [0.15, 0.2) is 29.2 Å². The smallest absolute Gasteiger partial charge is 0.321 e. The zero-order chi connectivity index (χ0) is 15.2. The Bertz CT molecular complexity index is 554. The molecule has 0 N–H and O–H groups in total. The SMILES string of the molecule is CCCN(CC(=O)OCC)S(=O)(=O)c1ccccc1C. The first kappa shape index (κ1) is 16.7. The third kappa shape index (κ3) is 4.05. The van der Waals surface area contributed by atoms with E-state index >= 15 is 0 Å². The second-order valence-electron chi connectivity index (χ2n) is 4.41. The van der Waals surface area contributed by atoms with E-state index in [0.717, 1.165) is 0 Å². The van der Waals surface area contributed by atoms with Crippen molar-refractivity contribution in [2.24, 2.45) is 0 Å². The third-order valence-electron chi connectivity index (χ3n) is 2.80. The van der Waals surface area contributed by atoms with Crippen molar-refractivity contribution in [1.29, 1.82) is 0 Å². The summed E-state index contributed by atoms with van der Waals surface area (Å²) in [5.41, 5.74) is 0.664. The highest BCUT2D eigenvalue weighted by Crippen LogP contribution is 2.19. The van der Waals surface area contributed by atoms with Crippen molar-refractivity contribution in [1.82, 2.24) is 4.31 Å². The number of rotatable bonds is 7. The Morgan fingerprint density at radius 3 is 2.45 bits per heavy atom. The topological polar surface area (TPSA) is 63.7 Å². The number of esters is 1. The molecule has 0 unspecified atom stereocenters. The van der Waals surface area contributed by atoms with Gasteiger partial charge in [-0.3, -0.25) is 4.79 Å². The average molecular weight is 299 g/mol. The summed E-state index contributed by atoms with van der Waals surface area (Å²) in [4.78, 5) is 11.8. The van der Waals surface area contributed by atoms with Crippen molar-refractivity contribution in [3.05, 3.63) is 29.8 Å². The van der Waals surface area contributed by atoms with E-state index in [9.17, 15) is 13.2 Å². The Hall–Kier alpha value is -1.40. The van der Waals surface area contributed by atoms with Crippen LogP contribution in [0.1, 0.15) is 25.8 Å². The zero-order valence-corrected chi connectivity index (χ0v) is 12.9. The molecule has 0 aromatic heterocycles. The summed E-state index contributed by atoms with van der Waals surface area (Å²) in [5, 5.41) is 0. The van der Waals surface area contributed by atoms with Gasteiger partial charge in [0.1, 0.15) is 6.54 Å². The second kappa shape index (κ2) is 7.40. The van der Waals surface area contributed by atoms with E-state index in [1.807, 2.05) is 6.92 Å². The number of benzene rings is 1. The zero-order valence-electron chi connectivity index (χ0n) is 12.1. The van der Waals surface area contributed by atoms with Crippen LogP contribution in [0.2, 0.25) is 0 Å². The first-order valence-electron chi connectivity index (χ1n) is 6.64. The molecule has 6 heteroatoms. The van der Waals surface area contributed by atoms with Crippen molar-refractivity contribution >= 4 is 16.0 Å². The fourth-order valence-corrected chi connectivity index (χ4v) is 3.57. The Balaban J connectivity index is 3.06. The fraction of sp³-hybridized carbons (Fsp3) is 0.500. The van der Waals surface area contributed by atoms with E-state index in [2.05, 4.69) is 0 Å². The van der Waals surface area contributed by atoms with Crippen LogP contribution in [0.3, 0.4) is 0 Å². The van der Waals surface area contributed by atoms with E-state index in [1.165, 1.54) is 4.31 Å². The standard InChI is InChI=1S/C14H21NO4S/c1-4-10-15(11-14(16)19-5-2)20(17,18)13-9-7-6-8-12(13)3/h6-9H,4-5,10-11H2,1-3H3. The van der Waals surface area contributed by atoms with Crippen molar-refractivity contribution in [3.8, 4) is 0 Å². The van der Waals surface area contributed by atoms with Gasteiger partial charge in [0.15, 0.2) is 0 Å². The molecule has 0 saturated heterocycles. The predicted molar refractivity (Wildman–Crippen MR) is 76.9 cm³/mol. The van der Waals surface area contributed by atoms with Crippen LogP contribution in [0.25, 0.3) is 0 Å². The molecule has 0 fully saturated rings. The summed E-state index contributed by atoms with van der Waals surface area (Å²) >= 11 is 0. The quantitative estimate of drug-likeness (QED) is 0.722. The van der Waals surface area contributed by atoms with Gasteiger partial charge in [0.2, 0.25) is 10.0 Å². The normalized spacial score (nSPS) is 11.6. The summed E-state index contributed by atoms with van der Waals surface area (Å²) in [6.45, 7) is 5.57. The summed E-state index contributed by atoms with van der Waals surface area (Å²) < 4.78 is 31.2. The Kier molecular flexibility index (Phi) is 6.16. The number of hydrogen-bond donors (Lipinski definition) is 0. The summed E-state index contributed by atoms with van der Waals surface area (Å²) in [6.07, 6.45) is 0.629. The maximum absolute atomic E-state index is 12.6. The molecule has 0 atom stereocenters. The van der Waals surface area contributed by atoms with Crippen LogP contribution in [0.5, 0.6) is 0 Å². The molecule has 0 spiro atoms. The molecule has 0 saturated carbocycles. The highest BCUT2D eigenvalue weighted by molar-refractivity contribution is 7.89. The van der Waals surface area contributed by atoms with Gasteiger partial charge < -0.3 is 4.74 Å². The third-order valence-corrected chi connectivity index (χ3v) is 4.80. The maximum atomic E-state index is 12.6. The number of carbonyl (C=O) groups excluding carboxylic acids is 1. The van der Waals surface area contributed by atoms with Crippen LogP contribution >= 0.6 is 0 Å². The second-order valence-corrected chi connectivity index (χ2v) is 6.32. The molecule has 1 rings (SSSR count). The van der Waals surface area contributed by atoms with Gasteiger partial charge in [-0.2, -0.15) is 4.31 Å². The molecule has 5 nitrogen and oxygen atoms in total.